The van der Waals surface area contributed by atoms with E-state index in [2.05, 4.69) is 11.3 Å². The number of carbonyl (C=O) groups is 2. The van der Waals surface area contributed by atoms with Gasteiger partial charge in [-0.25, -0.2) is 4.79 Å². The average molecular weight is 142 g/mol. The molecule has 0 fully saturated rings. The first-order valence-electron chi connectivity index (χ1n) is 2.92. The molecule has 0 spiro atoms. The fourth-order valence-electron chi connectivity index (χ4n) is 0.300. The van der Waals surface area contributed by atoms with Crippen molar-refractivity contribution in [2.75, 3.05) is 0 Å². The van der Waals surface area contributed by atoms with Crippen LogP contribution in [0.3, 0.4) is 0 Å². The van der Waals surface area contributed by atoms with Crippen molar-refractivity contribution in [3.8, 4) is 0 Å². The molecule has 0 aliphatic heterocycles. The molecule has 3 nitrogen and oxygen atoms in total. The molecule has 0 aliphatic rings. The fraction of sp³-hybridized carbons (Fsp3) is 0.429. The van der Waals surface area contributed by atoms with Gasteiger partial charge in [-0.05, 0) is 6.92 Å². The maximum absolute atomic E-state index is 10.5. The van der Waals surface area contributed by atoms with Crippen LogP contribution in [-0.4, -0.2) is 17.9 Å². The van der Waals surface area contributed by atoms with Gasteiger partial charge in [0.05, 0.1) is 0 Å². The molecule has 1 unspecified atom stereocenters. The minimum absolute atomic E-state index is 0.392. The lowest BCUT2D eigenvalue weighted by Crippen LogP contribution is -2.18. The third kappa shape index (κ3) is 3.02. The molecule has 0 heterocycles. The molecule has 0 saturated heterocycles. The van der Waals surface area contributed by atoms with Crippen LogP contribution in [0.2, 0.25) is 0 Å². The van der Waals surface area contributed by atoms with Crippen LogP contribution in [0.15, 0.2) is 12.7 Å². The van der Waals surface area contributed by atoms with Crippen molar-refractivity contribution < 1.29 is 14.3 Å². The Bertz CT molecular complexity index is 160. The largest absolute Gasteiger partial charge is 0.453 e. The van der Waals surface area contributed by atoms with Crippen LogP contribution >= 0.6 is 0 Å². The number of esters is 1. The van der Waals surface area contributed by atoms with E-state index >= 15 is 0 Å². The normalized spacial score (nSPS) is 11.8. The van der Waals surface area contributed by atoms with Crippen LogP contribution in [0, 0.1) is 0 Å². The maximum atomic E-state index is 10.5. The molecule has 0 aromatic rings. The molecular formula is C7H10O3. The maximum Gasteiger partial charge on any atom is 0.374 e. The zero-order chi connectivity index (χ0) is 8.15. The van der Waals surface area contributed by atoms with Crippen LogP contribution < -0.4 is 0 Å². The zero-order valence-corrected chi connectivity index (χ0v) is 6.09. The minimum Gasteiger partial charge on any atom is -0.453 e. The smallest absolute Gasteiger partial charge is 0.374 e. The molecule has 0 aromatic heterocycles. The van der Waals surface area contributed by atoms with E-state index in [0.29, 0.717) is 0 Å². The summed E-state index contributed by atoms with van der Waals surface area (Å²) < 4.78 is 4.55. The Morgan fingerprint density at radius 1 is 1.60 bits per heavy atom. The number of hydrogen-bond donors (Lipinski definition) is 0. The topological polar surface area (TPSA) is 43.4 Å². The number of Topliss-reactive ketones (excluding diaryl/α,β-unsaturated/α-hetero) is 1. The van der Waals surface area contributed by atoms with Crippen molar-refractivity contribution in [3.63, 3.8) is 0 Å². The zero-order valence-electron chi connectivity index (χ0n) is 6.09. The molecule has 0 radical (unpaired) electrons. The average Bonchev–Trinajstić information content (AvgIpc) is 1.87. The Hall–Kier alpha value is -1.12. The Morgan fingerprint density at radius 3 is 2.40 bits per heavy atom. The first kappa shape index (κ1) is 8.88. The number of ether oxygens (including phenoxy) is 1. The second-order valence-electron chi connectivity index (χ2n) is 1.90. The van der Waals surface area contributed by atoms with Crippen LogP contribution in [0.1, 0.15) is 13.8 Å². The van der Waals surface area contributed by atoms with Gasteiger partial charge >= 0.3 is 5.97 Å². The number of rotatable bonds is 3. The molecule has 56 valence electrons. The highest BCUT2D eigenvalue weighted by molar-refractivity contribution is 6.32. The summed E-state index contributed by atoms with van der Waals surface area (Å²) in [6.07, 6.45) is 1.05. The predicted octanol–water partition coefficient (Wildman–Crippen LogP) is 0.693. The molecule has 1 atom stereocenters. The van der Waals surface area contributed by atoms with E-state index < -0.39 is 17.9 Å². The number of ketones is 1. The summed E-state index contributed by atoms with van der Waals surface area (Å²) in [4.78, 5) is 20.8. The first-order chi connectivity index (χ1) is 4.57. The number of carbonyl (C=O) groups excluding carboxylic acids is 2. The molecule has 0 rings (SSSR count). The molecule has 3 heteroatoms. The van der Waals surface area contributed by atoms with Crippen molar-refractivity contribution in [3.05, 3.63) is 12.7 Å². The van der Waals surface area contributed by atoms with Crippen molar-refractivity contribution in [2.45, 2.75) is 20.0 Å². The van der Waals surface area contributed by atoms with Gasteiger partial charge in [0, 0.05) is 6.92 Å². The summed E-state index contributed by atoms with van der Waals surface area (Å²) in [6.45, 7) is 6.18. The molecule has 0 bridgehead atoms. The summed E-state index contributed by atoms with van der Waals surface area (Å²) in [7, 11) is 0. The minimum atomic E-state index is -0.813. The molecule has 0 amide bonds. The van der Waals surface area contributed by atoms with Gasteiger partial charge in [0.25, 0.3) is 0 Å². The Kier molecular flexibility index (Phi) is 3.39. The van der Waals surface area contributed by atoms with Crippen LogP contribution in [-0.2, 0) is 14.3 Å². The van der Waals surface area contributed by atoms with Crippen molar-refractivity contribution in [2.24, 2.45) is 0 Å². The summed E-state index contributed by atoms with van der Waals surface area (Å²) >= 11 is 0. The summed E-state index contributed by atoms with van der Waals surface area (Å²) in [5.74, 6) is -1.40. The van der Waals surface area contributed by atoms with Crippen LogP contribution in [0.25, 0.3) is 0 Å². The Morgan fingerprint density at radius 2 is 2.10 bits per heavy atom. The van der Waals surface area contributed by atoms with Gasteiger partial charge in [-0.2, -0.15) is 0 Å². The predicted molar refractivity (Wildman–Crippen MR) is 36.4 cm³/mol. The summed E-state index contributed by atoms with van der Waals surface area (Å²) in [5, 5.41) is 0. The van der Waals surface area contributed by atoms with Crippen molar-refractivity contribution >= 4 is 11.8 Å². The molecule has 0 saturated carbocycles. The SMILES string of the molecule is C=CC(C)OC(=O)C(C)=O. The van der Waals surface area contributed by atoms with Gasteiger partial charge in [-0.3, -0.25) is 4.79 Å². The molecular weight excluding hydrogens is 132 g/mol. The summed E-state index contributed by atoms with van der Waals surface area (Å²) in [6, 6.07) is 0. The standard InChI is InChI=1S/C7H10O3/c1-4-5(2)10-7(9)6(3)8/h4-5H,1H2,2-3H3. The lowest BCUT2D eigenvalue weighted by Gasteiger charge is -2.04. The highest BCUT2D eigenvalue weighted by atomic mass is 16.5. The highest BCUT2D eigenvalue weighted by Crippen LogP contribution is 1.91. The van der Waals surface area contributed by atoms with Gasteiger partial charge in [0.2, 0.25) is 5.78 Å². The van der Waals surface area contributed by atoms with E-state index in [1.807, 2.05) is 0 Å². The quantitative estimate of drug-likeness (QED) is 0.331. The van der Waals surface area contributed by atoms with Gasteiger partial charge in [0.1, 0.15) is 6.10 Å². The van der Waals surface area contributed by atoms with Crippen LogP contribution in [0.4, 0.5) is 0 Å². The molecule has 0 aromatic carbocycles. The van der Waals surface area contributed by atoms with E-state index in [0.717, 1.165) is 6.92 Å². The van der Waals surface area contributed by atoms with E-state index in [1.165, 1.54) is 6.08 Å². The first-order valence-corrected chi connectivity index (χ1v) is 2.92. The van der Waals surface area contributed by atoms with E-state index in [9.17, 15) is 9.59 Å². The van der Waals surface area contributed by atoms with Crippen molar-refractivity contribution in [1.82, 2.24) is 0 Å². The molecule has 10 heavy (non-hydrogen) atoms. The van der Waals surface area contributed by atoms with Crippen molar-refractivity contribution in [1.29, 1.82) is 0 Å². The Balaban J connectivity index is 3.79. The third-order valence-corrected chi connectivity index (χ3v) is 0.912. The molecule has 0 aliphatic carbocycles. The lowest BCUT2D eigenvalue weighted by molar-refractivity contribution is -0.154. The van der Waals surface area contributed by atoms with Gasteiger partial charge < -0.3 is 4.74 Å². The molecule has 0 N–H and O–H groups in total. The second kappa shape index (κ2) is 3.82. The van der Waals surface area contributed by atoms with Gasteiger partial charge in [-0.1, -0.05) is 12.7 Å². The van der Waals surface area contributed by atoms with E-state index in [-0.39, 0.29) is 0 Å². The lowest BCUT2D eigenvalue weighted by atomic mass is 10.4. The summed E-state index contributed by atoms with van der Waals surface area (Å²) in [5.41, 5.74) is 0. The number of hydrogen-bond acceptors (Lipinski definition) is 3. The van der Waals surface area contributed by atoms with E-state index in [1.54, 1.807) is 6.92 Å². The van der Waals surface area contributed by atoms with E-state index in [4.69, 9.17) is 0 Å². The highest BCUT2D eigenvalue weighted by Gasteiger charge is 2.10. The van der Waals surface area contributed by atoms with Gasteiger partial charge in [-0.15, -0.1) is 0 Å². The van der Waals surface area contributed by atoms with Gasteiger partial charge in [0.15, 0.2) is 0 Å². The third-order valence-electron chi connectivity index (χ3n) is 0.912. The fourth-order valence-corrected chi connectivity index (χ4v) is 0.300. The second-order valence-corrected chi connectivity index (χ2v) is 1.90. The Labute approximate surface area is 59.7 Å². The monoisotopic (exact) mass is 142 g/mol. The van der Waals surface area contributed by atoms with Crippen LogP contribution in [0.5, 0.6) is 0 Å².